The first-order valence-electron chi connectivity index (χ1n) is 5.93. The van der Waals surface area contributed by atoms with Crippen molar-refractivity contribution in [3.05, 3.63) is 52.3 Å². The number of methoxy groups -OCH3 is 1. The molecule has 0 aliphatic heterocycles. The van der Waals surface area contributed by atoms with Crippen molar-refractivity contribution in [2.24, 2.45) is 0 Å². The molecule has 0 aliphatic carbocycles. The molecule has 2 N–H and O–H groups in total. The zero-order valence-electron chi connectivity index (χ0n) is 11.1. The van der Waals surface area contributed by atoms with Crippen molar-refractivity contribution in [1.29, 1.82) is 0 Å². The summed E-state index contributed by atoms with van der Waals surface area (Å²) in [4.78, 5) is 0.0274. The van der Waals surface area contributed by atoms with Crippen LogP contribution in [-0.2, 0) is 15.6 Å². The van der Waals surface area contributed by atoms with Crippen LogP contribution in [0.3, 0.4) is 0 Å². The highest BCUT2D eigenvalue weighted by Gasteiger charge is 2.21. The van der Waals surface area contributed by atoms with E-state index in [2.05, 4.69) is 15.9 Å². The second-order valence-corrected chi connectivity index (χ2v) is 7.32. The lowest BCUT2D eigenvalue weighted by atomic mass is 10.2. The van der Waals surface area contributed by atoms with E-state index in [1.807, 2.05) is 0 Å². The van der Waals surface area contributed by atoms with Gasteiger partial charge in [0.25, 0.3) is 0 Å². The minimum atomic E-state index is -3.67. The molecule has 0 heterocycles. The highest BCUT2D eigenvalue weighted by atomic mass is 79.9. The molecule has 0 saturated carbocycles. The van der Waals surface area contributed by atoms with Gasteiger partial charge in [-0.1, -0.05) is 15.9 Å². The molecule has 0 radical (unpaired) electrons. The Balaban J connectivity index is 2.43. The van der Waals surface area contributed by atoms with Gasteiger partial charge in [-0.05, 0) is 35.9 Å². The molecule has 0 spiro atoms. The van der Waals surface area contributed by atoms with E-state index in [0.717, 1.165) is 0 Å². The third-order valence-electron chi connectivity index (χ3n) is 2.80. The molecule has 0 unspecified atom stereocenters. The van der Waals surface area contributed by atoms with Crippen molar-refractivity contribution in [2.45, 2.75) is 10.6 Å². The minimum absolute atomic E-state index is 0.0274. The maximum Gasteiger partial charge on any atom is 0.186 e. The van der Waals surface area contributed by atoms with Crippen LogP contribution in [0.1, 0.15) is 5.56 Å². The van der Waals surface area contributed by atoms with Crippen LogP contribution in [0.4, 0.5) is 10.1 Å². The number of benzene rings is 2. The topological polar surface area (TPSA) is 69.4 Å². The van der Waals surface area contributed by atoms with E-state index in [-0.39, 0.29) is 16.4 Å². The van der Waals surface area contributed by atoms with Crippen LogP contribution in [0, 0.1) is 5.82 Å². The van der Waals surface area contributed by atoms with E-state index in [4.69, 9.17) is 10.5 Å². The summed E-state index contributed by atoms with van der Waals surface area (Å²) >= 11 is 3.14. The molecule has 4 nitrogen and oxygen atoms in total. The monoisotopic (exact) mass is 373 g/mol. The standard InChI is InChI=1S/C14H13BrFNO3S/c1-20-13-7-12(17)2-3-14(13)21(18,19)8-9-4-10(15)6-11(16)5-9/h2-7H,8,17H2,1H3. The van der Waals surface area contributed by atoms with Crippen LogP contribution in [-0.4, -0.2) is 15.5 Å². The van der Waals surface area contributed by atoms with Gasteiger partial charge in [0.05, 0.1) is 12.9 Å². The fourth-order valence-electron chi connectivity index (χ4n) is 1.93. The van der Waals surface area contributed by atoms with Gasteiger partial charge in [0.2, 0.25) is 0 Å². The third-order valence-corrected chi connectivity index (χ3v) is 4.98. The molecule has 0 saturated heterocycles. The molecular weight excluding hydrogens is 361 g/mol. The highest BCUT2D eigenvalue weighted by Crippen LogP contribution is 2.29. The van der Waals surface area contributed by atoms with Gasteiger partial charge in [-0.3, -0.25) is 0 Å². The molecule has 0 bridgehead atoms. The Hall–Kier alpha value is -1.60. The molecule has 2 aromatic rings. The largest absolute Gasteiger partial charge is 0.495 e. The van der Waals surface area contributed by atoms with E-state index < -0.39 is 15.7 Å². The van der Waals surface area contributed by atoms with Crippen LogP contribution in [0.2, 0.25) is 0 Å². The summed E-state index contributed by atoms with van der Waals surface area (Å²) < 4.78 is 43.8. The molecule has 0 atom stereocenters. The fraction of sp³-hybridized carbons (Fsp3) is 0.143. The normalized spacial score (nSPS) is 11.4. The smallest absolute Gasteiger partial charge is 0.186 e. The zero-order valence-corrected chi connectivity index (χ0v) is 13.5. The molecule has 0 aromatic heterocycles. The number of hydrogen-bond donors (Lipinski definition) is 1. The predicted octanol–water partition coefficient (Wildman–Crippen LogP) is 3.15. The first kappa shape index (κ1) is 15.8. The quantitative estimate of drug-likeness (QED) is 0.835. The van der Waals surface area contributed by atoms with Crippen molar-refractivity contribution in [3.63, 3.8) is 0 Å². The molecule has 112 valence electrons. The van der Waals surface area contributed by atoms with Gasteiger partial charge >= 0.3 is 0 Å². The lowest BCUT2D eigenvalue weighted by molar-refractivity contribution is 0.403. The Kier molecular flexibility index (Phi) is 4.53. The number of sulfone groups is 1. The van der Waals surface area contributed by atoms with Crippen molar-refractivity contribution in [3.8, 4) is 5.75 Å². The van der Waals surface area contributed by atoms with Gasteiger partial charge in [0.15, 0.2) is 9.84 Å². The second kappa shape index (κ2) is 6.03. The lowest BCUT2D eigenvalue weighted by Crippen LogP contribution is -2.07. The van der Waals surface area contributed by atoms with E-state index in [0.29, 0.717) is 15.7 Å². The molecule has 0 amide bonds. The number of rotatable bonds is 4. The molecular formula is C14H13BrFNO3S. The van der Waals surface area contributed by atoms with Gasteiger partial charge in [-0.25, -0.2) is 12.8 Å². The summed E-state index contributed by atoms with van der Waals surface area (Å²) in [5.74, 6) is -0.659. The first-order valence-corrected chi connectivity index (χ1v) is 8.37. The number of halogens is 2. The van der Waals surface area contributed by atoms with E-state index >= 15 is 0 Å². The lowest BCUT2D eigenvalue weighted by Gasteiger charge is -2.10. The average Bonchev–Trinajstić information content (AvgIpc) is 2.36. The Morgan fingerprint density at radius 1 is 1.24 bits per heavy atom. The van der Waals surface area contributed by atoms with E-state index in [1.54, 1.807) is 6.07 Å². The van der Waals surface area contributed by atoms with Crippen molar-refractivity contribution < 1.29 is 17.5 Å². The summed E-state index contributed by atoms with van der Waals surface area (Å²) in [5.41, 5.74) is 6.36. The molecule has 2 aromatic carbocycles. The highest BCUT2D eigenvalue weighted by molar-refractivity contribution is 9.10. The Bertz CT molecular complexity index is 758. The third kappa shape index (κ3) is 3.74. The zero-order chi connectivity index (χ0) is 15.6. The first-order chi connectivity index (χ1) is 9.81. The Morgan fingerprint density at radius 3 is 2.57 bits per heavy atom. The Labute approximate surface area is 130 Å². The summed E-state index contributed by atoms with van der Waals surface area (Å²) in [7, 11) is -2.31. The predicted molar refractivity (Wildman–Crippen MR) is 82.4 cm³/mol. The SMILES string of the molecule is COc1cc(N)ccc1S(=O)(=O)Cc1cc(F)cc(Br)c1. The number of anilines is 1. The number of hydrogen-bond acceptors (Lipinski definition) is 4. The summed E-state index contributed by atoms with van der Waals surface area (Å²) in [6.45, 7) is 0. The van der Waals surface area contributed by atoms with Gasteiger partial charge < -0.3 is 10.5 Å². The molecule has 2 rings (SSSR count). The molecule has 7 heteroatoms. The van der Waals surface area contributed by atoms with Crippen molar-refractivity contribution in [1.82, 2.24) is 0 Å². The average molecular weight is 374 g/mol. The fourth-order valence-corrected chi connectivity index (χ4v) is 3.93. The second-order valence-electron chi connectivity index (χ2n) is 4.45. The van der Waals surface area contributed by atoms with E-state index in [9.17, 15) is 12.8 Å². The van der Waals surface area contributed by atoms with Crippen LogP contribution < -0.4 is 10.5 Å². The van der Waals surface area contributed by atoms with Crippen molar-refractivity contribution in [2.75, 3.05) is 12.8 Å². The van der Waals surface area contributed by atoms with Gasteiger partial charge in [0, 0.05) is 16.2 Å². The molecule has 0 aliphatic rings. The number of ether oxygens (including phenoxy) is 1. The minimum Gasteiger partial charge on any atom is -0.495 e. The van der Waals surface area contributed by atoms with E-state index in [1.165, 1.54) is 37.4 Å². The molecule has 21 heavy (non-hydrogen) atoms. The summed E-state index contributed by atoms with van der Waals surface area (Å²) in [5, 5.41) is 0. The maximum atomic E-state index is 13.3. The maximum absolute atomic E-state index is 13.3. The van der Waals surface area contributed by atoms with Gasteiger partial charge in [-0.15, -0.1) is 0 Å². The van der Waals surface area contributed by atoms with Gasteiger partial charge in [-0.2, -0.15) is 0 Å². The van der Waals surface area contributed by atoms with Crippen LogP contribution in [0.15, 0.2) is 45.8 Å². The summed E-state index contributed by atoms with van der Waals surface area (Å²) in [6, 6.07) is 8.32. The summed E-state index contributed by atoms with van der Waals surface area (Å²) in [6.07, 6.45) is 0. The number of nitrogens with two attached hydrogens (primary N) is 1. The van der Waals surface area contributed by atoms with Crippen LogP contribution >= 0.6 is 15.9 Å². The van der Waals surface area contributed by atoms with Crippen LogP contribution in [0.25, 0.3) is 0 Å². The van der Waals surface area contributed by atoms with Crippen LogP contribution in [0.5, 0.6) is 5.75 Å². The van der Waals surface area contributed by atoms with Crippen molar-refractivity contribution >= 4 is 31.5 Å². The molecule has 0 fully saturated rings. The Morgan fingerprint density at radius 2 is 1.95 bits per heavy atom. The number of nitrogen functional groups attached to an aromatic ring is 1. The van der Waals surface area contributed by atoms with Gasteiger partial charge in [0.1, 0.15) is 16.5 Å².